The zero-order valence-corrected chi connectivity index (χ0v) is 9.85. The average Bonchev–Trinajstić information content (AvgIpc) is 2.78. The maximum atomic E-state index is 12.2. The molecule has 0 radical (unpaired) electrons. The maximum absolute atomic E-state index is 12.2. The van der Waals surface area contributed by atoms with Crippen LogP contribution in [0.3, 0.4) is 0 Å². The van der Waals surface area contributed by atoms with E-state index in [2.05, 4.69) is 0 Å². The number of hydrogen-bond acceptors (Lipinski definition) is 2. The van der Waals surface area contributed by atoms with Gasteiger partial charge in [0.2, 0.25) is 5.91 Å². The minimum absolute atomic E-state index is 0.105. The summed E-state index contributed by atoms with van der Waals surface area (Å²) in [5.41, 5.74) is 7.02. The summed E-state index contributed by atoms with van der Waals surface area (Å²) in [6.45, 7) is 2.58. The third-order valence-corrected chi connectivity index (χ3v) is 3.14. The lowest BCUT2D eigenvalue weighted by molar-refractivity contribution is -0.121. The van der Waals surface area contributed by atoms with E-state index in [1.807, 2.05) is 19.1 Å². The number of amides is 2. The van der Waals surface area contributed by atoms with Crippen molar-refractivity contribution in [2.75, 3.05) is 6.54 Å². The van der Waals surface area contributed by atoms with Gasteiger partial charge in [0.25, 0.3) is 5.91 Å². The standard InChI is InChI=1S/C13H16N2O2/c1-9-4-6-10(7-5-9)13(17)15-8-2-3-11(15)12(14)16/h4-7,11H,2-3,8H2,1H3,(H2,14,16). The molecule has 1 aromatic carbocycles. The molecule has 0 bridgehead atoms. The van der Waals surface area contributed by atoms with Crippen molar-refractivity contribution in [2.45, 2.75) is 25.8 Å². The SMILES string of the molecule is Cc1ccc(C(=O)N2CCCC2C(N)=O)cc1. The van der Waals surface area contributed by atoms with Crippen LogP contribution in [0.15, 0.2) is 24.3 Å². The summed E-state index contributed by atoms with van der Waals surface area (Å²) in [6, 6.07) is 6.91. The molecule has 2 N–H and O–H groups in total. The molecule has 1 saturated heterocycles. The van der Waals surface area contributed by atoms with Crippen LogP contribution in [0, 0.1) is 6.92 Å². The van der Waals surface area contributed by atoms with E-state index in [4.69, 9.17) is 5.73 Å². The number of primary amides is 1. The molecule has 1 atom stereocenters. The fraction of sp³-hybridized carbons (Fsp3) is 0.385. The molecule has 2 rings (SSSR count). The second-order valence-electron chi connectivity index (χ2n) is 4.42. The Kier molecular flexibility index (Phi) is 3.13. The van der Waals surface area contributed by atoms with E-state index in [0.717, 1.165) is 12.0 Å². The number of hydrogen-bond donors (Lipinski definition) is 1. The fourth-order valence-electron chi connectivity index (χ4n) is 2.17. The van der Waals surface area contributed by atoms with Gasteiger partial charge in [-0.15, -0.1) is 0 Å². The van der Waals surface area contributed by atoms with Gasteiger partial charge in [0.05, 0.1) is 0 Å². The highest BCUT2D eigenvalue weighted by Gasteiger charge is 2.32. The Balaban J connectivity index is 2.19. The Morgan fingerprint density at radius 2 is 1.94 bits per heavy atom. The van der Waals surface area contributed by atoms with Crippen molar-refractivity contribution in [2.24, 2.45) is 5.73 Å². The average molecular weight is 232 g/mol. The van der Waals surface area contributed by atoms with Crippen LogP contribution in [0.5, 0.6) is 0 Å². The molecular formula is C13H16N2O2. The van der Waals surface area contributed by atoms with E-state index < -0.39 is 11.9 Å². The molecule has 0 aromatic heterocycles. The molecular weight excluding hydrogens is 216 g/mol. The molecule has 0 spiro atoms. The largest absolute Gasteiger partial charge is 0.368 e. The summed E-state index contributed by atoms with van der Waals surface area (Å²) in [5, 5.41) is 0. The molecule has 1 fully saturated rings. The van der Waals surface area contributed by atoms with Gasteiger partial charge in [-0.1, -0.05) is 17.7 Å². The van der Waals surface area contributed by atoms with Crippen molar-refractivity contribution in [1.82, 2.24) is 4.90 Å². The first-order chi connectivity index (χ1) is 8.09. The Morgan fingerprint density at radius 3 is 2.53 bits per heavy atom. The van der Waals surface area contributed by atoms with Gasteiger partial charge in [-0.2, -0.15) is 0 Å². The Labute approximate surface area is 100 Å². The van der Waals surface area contributed by atoms with Crippen molar-refractivity contribution < 1.29 is 9.59 Å². The number of nitrogens with zero attached hydrogens (tertiary/aromatic N) is 1. The van der Waals surface area contributed by atoms with Crippen molar-refractivity contribution in [3.8, 4) is 0 Å². The van der Waals surface area contributed by atoms with Crippen LogP contribution in [0.4, 0.5) is 0 Å². The number of carbonyl (C=O) groups excluding carboxylic acids is 2. The van der Waals surface area contributed by atoms with E-state index in [1.54, 1.807) is 17.0 Å². The minimum atomic E-state index is -0.441. The van der Waals surface area contributed by atoms with Gasteiger partial charge in [-0.05, 0) is 31.9 Å². The number of likely N-dealkylation sites (tertiary alicyclic amines) is 1. The van der Waals surface area contributed by atoms with E-state index >= 15 is 0 Å². The molecule has 0 saturated carbocycles. The molecule has 4 nitrogen and oxygen atoms in total. The second kappa shape index (κ2) is 4.57. The number of carbonyl (C=O) groups is 2. The Hall–Kier alpha value is -1.84. The number of nitrogens with two attached hydrogens (primary N) is 1. The third kappa shape index (κ3) is 2.30. The van der Waals surface area contributed by atoms with Gasteiger partial charge in [0.15, 0.2) is 0 Å². The summed E-state index contributed by atoms with van der Waals surface area (Å²) in [6.07, 6.45) is 1.51. The predicted molar refractivity (Wildman–Crippen MR) is 64.4 cm³/mol. The lowest BCUT2D eigenvalue weighted by Gasteiger charge is -2.22. The van der Waals surface area contributed by atoms with Crippen molar-refractivity contribution in [3.63, 3.8) is 0 Å². The van der Waals surface area contributed by atoms with Gasteiger partial charge in [0, 0.05) is 12.1 Å². The predicted octanol–water partition coefficient (Wildman–Crippen LogP) is 1.08. The highest BCUT2D eigenvalue weighted by atomic mass is 16.2. The third-order valence-electron chi connectivity index (χ3n) is 3.14. The maximum Gasteiger partial charge on any atom is 0.254 e. The highest BCUT2D eigenvalue weighted by Crippen LogP contribution is 2.20. The lowest BCUT2D eigenvalue weighted by Crippen LogP contribution is -2.43. The van der Waals surface area contributed by atoms with Gasteiger partial charge < -0.3 is 10.6 Å². The quantitative estimate of drug-likeness (QED) is 0.829. The van der Waals surface area contributed by atoms with Crippen molar-refractivity contribution in [3.05, 3.63) is 35.4 Å². The first-order valence-electron chi connectivity index (χ1n) is 5.76. The van der Waals surface area contributed by atoms with E-state index in [0.29, 0.717) is 18.5 Å². The topological polar surface area (TPSA) is 63.4 Å². The van der Waals surface area contributed by atoms with E-state index in [9.17, 15) is 9.59 Å². The van der Waals surface area contributed by atoms with Crippen LogP contribution in [0.1, 0.15) is 28.8 Å². The second-order valence-corrected chi connectivity index (χ2v) is 4.42. The molecule has 2 amide bonds. The summed E-state index contributed by atoms with van der Waals surface area (Å²) >= 11 is 0. The number of benzene rings is 1. The van der Waals surface area contributed by atoms with Crippen LogP contribution >= 0.6 is 0 Å². The summed E-state index contributed by atoms with van der Waals surface area (Å²) in [5.74, 6) is -0.519. The zero-order valence-electron chi connectivity index (χ0n) is 9.85. The molecule has 90 valence electrons. The first kappa shape index (κ1) is 11.6. The molecule has 1 unspecified atom stereocenters. The van der Waals surface area contributed by atoms with Crippen LogP contribution < -0.4 is 5.73 Å². The van der Waals surface area contributed by atoms with Crippen LogP contribution in [-0.2, 0) is 4.79 Å². The molecule has 0 aliphatic carbocycles. The van der Waals surface area contributed by atoms with Crippen molar-refractivity contribution >= 4 is 11.8 Å². The van der Waals surface area contributed by atoms with E-state index in [-0.39, 0.29) is 5.91 Å². The zero-order chi connectivity index (χ0) is 12.4. The molecule has 1 aliphatic rings. The van der Waals surface area contributed by atoms with Gasteiger partial charge in [-0.25, -0.2) is 0 Å². The summed E-state index contributed by atoms with van der Waals surface area (Å²) in [7, 11) is 0. The first-order valence-corrected chi connectivity index (χ1v) is 5.76. The fourth-order valence-corrected chi connectivity index (χ4v) is 2.17. The van der Waals surface area contributed by atoms with Gasteiger partial charge in [-0.3, -0.25) is 9.59 Å². The van der Waals surface area contributed by atoms with Gasteiger partial charge >= 0.3 is 0 Å². The smallest absolute Gasteiger partial charge is 0.254 e. The number of aryl methyl sites for hydroxylation is 1. The normalized spacial score (nSPS) is 19.4. The minimum Gasteiger partial charge on any atom is -0.368 e. The van der Waals surface area contributed by atoms with Crippen LogP contribution in [-0.4, -0.2) is 29.3 Å². The van der Waals surface area contributed by atoms with Crippen LogP contribution in [0.2, 0.25) is 0 Å². The molecule has 1 heterocycles. The summed E-state index contributed by atoms with van der Waals surface area (Å²) < 4.78 is 0. The molecule has 1 aromatic rings. The highest BCUT2D eigenvalue weighted by molar-refractivity contribution is 5.97. The monoisotopic (exact) mass is 232 g/mol. The molecule has 4 heteroatoms. The molecule has 17 heavy (non-hydrogen) atoms. The Bertz CT molecular complexity index is 439. The lowest BCUT2D eigenvalue weighted by atomic mass is 10.1. The van der Waals surface area contributed by atoms with Crippen molar-refractivity contribution in [1.29, 1.82) is 0 Å². The molecule has 1 aliphatic heterocycles. The Morgan fingerprint density at radius 1 is 1.29 bits per heavy atom. The summed E-state index contributed by atoms with van der Waals surface area (Å²) in [4.78, 5) is 25.0. The van der Waals surface area contributed by atoms with Gasteiger partial charge in [0.1, 0.15) is 6.04 Å². The van der Waals surface area contributed by atoms with Crippen LogP contribution in [0.25, 0.3) is 0 Å². The number of rotatable bonds is 2. The van der Waals surface area contributed by atoms with E-state index in [1.165, 1.54) is 0 Å².